The van der Waals surface area contributed by atoms with Crippen molar-refractivity contribution in [1.29, 1.82) is 0 Å². The summed E-state index contributed by atoms with van der Waals surface area (Å²) in [5.74, 6) is -0.611. The Morgan fingerprint density at radius 3 is 2.41 bits per heavy atom. The van der Waals surface area contributed by atoms with Gasteiger partial charge in [-0.15, -0.1) is 0 Å². The van der Waals surface area contributed by atoms with Crippen molar-refractivity contribution < 1.29 is 17.6 Å². The topological polar surface area (TPSA) is 54.5 Å². The van der Waals surface area contributed by atoms with E-state index in [-0.39, 0.29) is 35.8 Å². The van der Waals surface area contributed by atoms with Gasteiger partial charge in [-0.3, -0.25) is 4.79 Å². The van der Waals surface area contributed by atoms with Crippen molar-refractivity contribution in [2.24, 2.45) is 0 Å². The standard InChI is InChI=1S/C20H19ClFNO3S/c21-17-6-1-15(2-7-17)5-10-20(24)23(19-11-12-27(25,26)14-19)13-16-3-8-18(22)9-4-16/h1-10,19H,11-14H2. The Hall–Kier alpha value is -2.18. The lowest BCUT2D eigenvalue weighted by Crippen LogP contribution is -2.39. The van der Waals surface area contributed by atoms with Crippen molar-refractivity contribution >= 4 is 33.4 Å². The highest BCUT2D eigenvalue weighted by atomic mass is 35.5. The van der Waals surface area contributed by atoms with E-state index in [0.717, 1.165) is 11.1 Å². The van der Waals surface area contributed by atoms with Crippen LogP contribution in [0, 0.1) is 5.82 Å². The fourth-order valence-corrected chi connectivity index (χ4v) is 4.89. The second-order valence-corrected chi connectivity index (χ2v) is 9.20. The SMILES string of the molecule is O=C(C=Cc1ccc(Cl)cc1)N(Cc1ccc(F)cc1)C1CCS(=O)(=O)C1. The largest absolute Gasteiger partial charge is 0.331 e. The maximum Gasteiger partial charge on any atom is 0.247 e. The Bertz CT molecular complexity index is 940. The molecule has 142 valence electrons. The molecule has 4 nitrogen and oxygen atoms in total. The van der Waals surface area contributed by atoms with Gasteiger partial charge in [0.2, 0.25) is 5.91 Å². The molecule has 1 atom stereocenters. The molecule has 2 aromatic carbocycles. The first-order valence-corrected chi connectivity index (χ1v) is 10.7. The van der Waals surface area contributed by atoms with Crippen LogP contribution >= 0.6 is 11.6 Å². The number of sulfone groups is 1. The summed E-state index contributed by atoms with van der Waals surface area (Å²) >= 11 is 5.86. The fourth-order valence-electron chi connectivity index (χ4n) is 3.03. The summed E-state index contributed by atoms with van der Waals surface area (Å²) in [7, 11) is -3.14. The van der Waals surface area contributed by atoms with Gasteiger partial charge in [0.15, 0.2) is 9.84 Å². The third kappa shape index (κ3) is 5.40. The molecule has 0 radical (unpaired) electrons. The molecule has 0 aliphatic carbocycles. The highest BCUT2D eigenvalue weighted by molar-refractivity contribution is 7.91. The van der Waals surface area contributed by atoms with Gasteiger partial charge in [0.1, 0.15) is 5.82 Å². The minimum absolute atomic E-state index is 0.0469. The zero-order chi connectivity index (χ0) is 19.4. The third-order valence-electron chi connectivity index (χ3n) is 4.49. The maximum absolute atomic E-state index is 13.1. The van der Waals surface area contributed by atoms with E-state index in [0.29, 0.717) is 11.4 Å². The Balaban J connectivity index is 1.80. The second-order valence-electron chi connectivity index (χ2n) is 6.53. The van der Waals surface area contributed by atoms with Crippen LogP contribution in [0.5, 0.6) is 0 Å². The van der Waals surface area contributed by atoms with Crippen molar-refractivity contribution in [2.45, 2.75) is 19.0 Å². The molecule has 1 amide bonds. The summed E-state index contributed by atoms with van der Waals surface area (Å²) < 4.78 is 36.9. The molecule has 0 N–H and O–H groups in total. The maximum atomic E-state index is 13.1. The van der Waals surface area contributed by atoms with Crippen molar-refractivity contribution in [3.63, 3.8) is 0 Å². The van der Waals surface area contributed by atoms with Crippen molar-refractivity contribution in [3.05, 3.63) is 76.6 Å². The first-order chi connectivity index (χ1) is 12.8. The van der Waals surface area contributed by atoms with Crippen molar-refractivity contribution in [3.8, 4) is 0 Å². The number of hydrogen-bond donors (Lipinski definition) is 0. The summed E-state index contributed by atoms with van der Waals surface area (Å²) in [6.45, 7) is 0.226. The lowest BCUT2D eigenvalue weighted by Gasteiger charge is -2.27. The molecule has 0 saturated carbocycles. The molecule has 1 unspecified atom stereocenters. The van der Waals surface area contributed by atoms with Crippen LogP contribution in [0.25, 0.3) is 6.08 Å². The van der Waals surface area contributed by atoms with Crippen LogP contribution in [0.2, 0.25) is 5.02 Å². The number of benzene rings is 2. The molecular weight excluding hydrogens is 389 g/mol. The van der Waals surface area contributed by atoms with E-state index in [4.69, 9.17) is 11.6 Å². The number of hydrogen-bond acceptors (Lipinski definition) is 3. The van der Waals surface area contributed by atoms with E-state index >= 15 is 0 Å². The highest BCUT2D eigenvalue weighted by Gasteiger charge is 2.34. The number of carbonyl (C=O) groups excluding carboxylic acids is 1. The van der Waals surface area contributed by atoms with Gasteiger partial charge in [0.05, 0.1) is 11.5 Å². The first kappa shape index (κ1) is 19.6. The molecule has 1 fully saturated rings. The van der Waals surface area contributed by atoms with Crippen LogP contribution in [-0.2, 0) is 21.2 Å². The number of halogens is 2. The van der Waals surface area contributed by atoms with Crippen molar-refractivity contribution in [1.82, 2.24) is 4.90 Å². The smallest absolute Gasteiger partial charge is 0.247 e. The summed E-state index contributed by atoms with van der Waals surface area (Å²) in [6.07, 6.45) is 3.50. The van der Waals surface area contributed by atoms with Crippen LogP contribution in [0.3, 0.4) is 0 Å². The lowest BCUT2D eigenvalue weighted by molar-refractivity contribution is -0.128. The number of nitrogens with zero attached hydrogens (tertiary/aromatic N) is 1. The van der Waals surface area contributed by atoms with E-state index in [1.54, 1.807) is 47.4 Å². The molecule has 1 heterocycles. The average Bonchev–Trinajstić information content (AvgIpc) is 3.00. The van der Waals surface area contributed by atoms with E-state index < -0.39 is 9.84 Å². The van der Waals surface area contributed by atoms with E-state index in [2.05, 4.69) is 0 Å². The normalized spacial score (nSPS) is 18.7. The van der Waals surface area contributed by atoms with Gasteiger partial charge < -0.3 is 4.90 Å². The predicted molar refractivity (Wildman–Crippen MR) is 104 cm³/mol. The van der Waals surface area contributed by atoms with Gasteiger partial charge >= 0.3 is 0 Å². The molecule has 27 heavy (non-hydrogen) atoms. The number of carbonyl (C=O) groups is 1. The molecule has 0 aromatic heterocycles. The second kappa shape index (κ2) is 8.23. The van der Waals surface area contributed by atoms with Gasteiger partial charge in [0, 0.05) is 23.7 Å². The number of rotatable bonds is 5. The van der Waals surface area contributed by atoms with Crippen LogP contribution < -0.4 is 0 Å². The zero-order valence-electron chi connectivity index (χ0n) is 14.5. The first-order valence-electron chi connectivity index (χ1n) is 8.51. The molecule has 0 spiro atoms. The Labute approximate surface area is 163 Å². The summed E-state index contributed by atoms with van der Waals surface area (Å²) in [4.78, 5) is 14.3. The molecule has 3 rings (SSSR count). The minimum atomic E-state index is -3.14. The van der Waals surface area contributed by atoms with Gasteiger partial charge in [-0.1, -0.05) is 35.9 Å². The van der Waals surface area contributed by atoms with Gasteiger partial charge in [-0.2, -0.15) is 0 Å². The summed E-state index contributed by atoms with van der Waals surface area (Å²) in [6, 6.07) is 12.5. The molecule has 1 aliphatic rings. The molecule has 1 aliphatic heterocycles. The number of amides is 1. The quantitative estimate of drug-likeness (QED) is 0.710. The van der Waals surface area contributed by atoms with Crippen molar-refractivity contribution in [2.75, 3.05) is 11.5 Å². The van der Waals surface area contributed by atoms with Crippen LogP contribution in [-0.4, -0.2) is 36.8 Å². The Kier molecular flexibility index (Phi) is 5.97. The Morgan fingerprint density at radius 1 is 1.15 bits per heavy atom. The molecule has 1 saturated heterocycles. The minimum Gasteiger partial charge on any atom is -0.331 e. The van der Waals surface area contributed by atoms with E-state index in [1.165, 1.54) is 18.2 Å². The van der Waals surface area contributed by atoms with E-state index in [9.17, 15) is 17.6 Å². The predicted octanol–water partition coefficient (Wildman–Crippen LogP) is 3.71. The average molecular weight is 408 g/mol. The zero-order valence-corrected chi connectivity index (χ0v) is 16.1. The van der Waals surface area contributed by atoms with Gasteiger partial charge in [-0.25, -0.2) is 12.8 Å². The molecule has 7 heteroatoms. The Morgan fingerprint density at radius 2 is 1.81 bits per heavy atom. The van der Waals surface area contributed by atoms with Crippen LogP contribution in [0.15, 0.2) is 54.6 Å². The third-order valence-corrected chi connectivity index (χ3v) is 6.49. The van der Waals surface area contributed by atoms with Gasteiger partial charge in [-0.05, 0) is 47.9 Å². The van der Waals surface area contributed by atoms with Crippen LogP contribution in [0.1, 0.15) is 17.5 Å². The summed E-state index contributed by atoms with van der Waals surface area (Å²) in [5, 5.41) is 0.604. The fraction of sp³-hybridized carbons (Fsp3) is 0.250. The molecule has 2 aromatic rings. The molecule has 0 bridgehead atoms. The molecular formula is C20H19ClFNO3S. The van der Waals surface area contributed by atoms with Crippen LogP contribution in [0.4, 0.5) is 4.39 Å². The summed E-state index contributed by atoms with van der Waals surface area (Å²) in [5.41, 5.74) is 1.56. The highest BCUT2D eigenvalue weighted by Crippen LogP contribution is 2.21. The lowest BCUT2D eigenvalue weighted by atomic mass is 10.1. The van der Waals surface area contributed by atoms with Gasteiger partial charge in [0.25, 0.3) is 0 Å². The van der Waals surface area contributed by atoms with E-state index in [1.807, 2.05) is 0 Å². The monoisotopic (exact) mass is 407 g/mol.